The lowest BCUT2D eigenvalue weighted by Gasteiger charge is -2.37. The van der Waals surface area contributed by atoms with Gasteiger partial charge in [0.1, 0.15) is 6.04 Å². The second kappa shape index (κ2) is 7.29. The van der Waals surface area contributed by atoms with Gasteiger partial charge in [-0.2, -0.15) is 0 Å². The number of hydrogen-bond donors (Lipinski definition) is 2. The van der Waals surface area contributed by atoms with Gasteiger partial charge in [0.25, 0.3) is 5.91 Å². The molecule has 1 aromatic rings. The third-order valence-electron chi connectivity index (χ3n) is 6.29. The smallest absolute Gasteiger partial charge is 0.255 e. The van der Waals surface area contributed by atoms with Crippen molar-refractivity contribution in [2.75, 3.05) is 19.6 Å². The largest absolute Gasteiger partial charge is 0.322 e. The Bertz CT molecular complexity index is 820. The molecule has 3 aliphatic rings. The molecule has 7 nitrogen and oxygen atoms in total. The topological polar surface area (TPSA) is 81.8 Å². The Balaban J connectivity index is 1.51. The molecule has 0 radical (unpaired) electrons. The van der Waals surface area contributed by atoms with Crippen LogP contribution in [0.3, 0.4) is 0 Å². The highest BCUT2D eigenvalue weighted by Crippen LogP contribution is 2.29. The molecule has 150 valence electrons. The van der Waals surface area contributed by atoms with E-state index in [0.717, 1.165) is 38.2 Å². The standard InChI is InChI=1S/C21H28N4O3/c1-21(2)7-8-22-9-10-24(21)12-14-3-4-16-15(11-14)13-25(20(16)28)17-5-6-18(26)23-19(17)27/h3-4,11,17,22H,5-10,12-13H2,1-2H3,(H,23,26,27). The summed E-state index contributed by atoms with van der Waals surface area (Å²) in [6.45, 7) is 8.83. The van der Waals surface area contributed by atoms with Crippen molar-refractivity contribution in [1.29, 1.82) is 0 Å². The van der Waals surface area contributed by atoms with Gasteiger partial charge in [0.05, 0.1) is 0 Å². The molecular weight excluding hydrogens is 356 g/mol. The molecule has 1 atom stereocenters. The van der Waals surface area contributed by atoms with Crippen molar-refractivity contribution in [2.45, 2.75) is 57.8 Å². The summed E-state index contributed by atoms with van der Waals surface area (Å²) in [5, 5.41) is 5.81. The van der Waals surface area contributed by atoms with Crippen molar-refractivity contribution in [3.05, 3.63) is 34.9 Å². The first-order valence-electron chi connectivity index (χ1n) is 10.1. The molecule has 7 heteroatoms. The molecule has 0 spiro atoms. The lowest BCUT2D eigenvalue weighted by molar-refractivity contribution is -0.136. The van der Waals surface area contributed by atoms with E-state index in [1.165, 1.54) is 5.56 Å². The van der Waals surface area contributed by atoms with E-state index in [1.807, 2.05) is 12.1 Å². The molecule has 28 heavy (non-hydrogen) atoms. The van der Waals surface area contributed by atoms with Crippen molar-refractivity contribution in [2.24, 2.45) is 0 Å². The molecule has 0 saturated carbocycles. The Kier molecular flexibility index (Phi) is 4.97. The van der Waals surface area contributed by atoms with E-state index < -0.39 is 6.04 Å². The van der Waals surface area contributed by atoms with E-state index in [0.29, 0.717) is 18.5 Å². The number of amides is 3. The fourth-order valence-corrected chi connectivity index (χ4v) is 4.43. The number of imide groups is 1. The molecule has 3 heterocycles. The Morgan fingerprint density at radius 2 is 2.00 bits per heavy atom. The number of carbonyl (C=O) groups excluding carboxylic acids is 3. The summed E-state index contributed by atoms with van der Waals surface area (Å²) in [4.78, 5) is 40.5. The van der Waals surface area contributed by atoms with E-state index in [9.17, 15) is 14.4 Å². The number of piperidine rings is 1. The highest BCUT2D eigenvalue weighted by molar-refractivity contribution is 6.05. The molecule has 3 amide bonds. The number of hydrogen-bond acceptors (Lipinski definition) is 5. The molecule has 0 aromatic heterocycles. The Morgan fingerprint density at radius 3 is 2.79 bits per heavy atom. The SMILES string of the molecule is CC1(C)CCNCCN1Cc1ccc2c(c1)CN(C1CCC(=O)NC1=O)C2=O. The maximum Gasteiger partial charge on any atom is 0.255 e. The van der Waals surface area contributed by atoms with E-state index >= 15 is 0 Å². The average Bonchev–Trinajstić information content (AvgIpc) is 2.86. The molecule has 3 aliphatic heterocycles. The van der Waals surface area contributed by atoms with Crippen LogP contribution < -0.4 is 10.6 Å². The minimum atomic E-state index is -0.559. The Hall–Kier alpha value is -2.25. The molecule has 2 fully saturated rings. The Morgan fingerprint density at radius 1 is 1.18 bits per heavy atom. The summed E-state index contributed by atoms with van der Waals surface area (Å²) < 4.78 is 0. The lowest BCUT2D eigenvalue weighted by atomic mass is 9.97. The van der Waals surface area contributed by atoms with Gasteiger partial charge in [-0.3, -0.25) is 24.6 Å². The quantitative estimate of drug-likeness (QED) is 0.761. The molecule has 1 aromatic carbocycles. The van der Waals surface area contributed by atoms with E-state index in [-0.39, 0.29) is 29.7 Å². The molecular formula is C21H28N4O3. The summed E-state index contributed by atoms with van der Waals surface area (Å²) in [5.41, 5.74) is 2.95. The van der Waals surface area contributed by atoms with Crippen LogP contribution in [0, 0.1) is 0 Å². The lowest BCUT2D eigenvalue weighted by Crippen LogP contribution is -2.52. The predicted octanol–water partition coefficient (Wildman–Crippen LogP) is 1.02. The maximum absolute atomic E-state index is 12.8. The predicted molar refractivity (Wildman–Crippen MR) is 104 cm³/mol. The van der Waals surface area contributed by atoms with Crippen molar-refractivity contribution in [3.63, 3.8) is 0 Å². The van der Waals surface area contributed by atoms with Crippen molar-refractivity contribution < 1.29 is 14.4 Å². The van der Waals surface area contributed by atoms with Crippen LogP contribution in [0.1, 0.15) is 54.6 Å². The zero-order valence-corrected chi connectivity index (χ0v) is 16.6. The van der Waals surface area contributed by atoms with Gasteiger partial charge in [-0.15, -0.1) is 0 Å². The zero-order valence-electron chi connectivity index (χ0n) is 16.6. The number of nitrogens with zero attached hydrogens (tertiary/aromatic N) is 2. The molecule has 0 aliphatic carbocycles. The monoisotopic (exact) mass is 384 g/mol. The Labute approximate surface area is 165 Å². The summed E-state index contributed by atoms with van der Waals surface area (Å²) >= 11 is 0. The minimum Gasteiger partial charge on any atom is -0.322 e. The maximum atomic E-state index is 12.8. The number of nitrogens with one attached hydrogen (secondary N) is 2. The molecule has 2 N–H and O–H groups in total. The van der Waals surface area contributed by atoms with Crippen LogP contribution in [0.2, 0.25) is 0 Å². The first-order valence-corrected chi connectivity index (χ1v) is 10.1. The van der Waals surface area contributed by atoms with E-state index in [4.69, 9.17) is 0 Å². The van der Waals surface area contributed by atoms with Crippen LogP contribution in [0.5, 0.6) is 0 Å². The van der Waals surface area contributed by atoms with E-state index in [2.05, 4.69) is 35.4 Å². The first kappa shape index (κ1) is 19.1. The van der Waals surface area contributed by atoms with E-state index in [1.54, 1.807) is 4.90 Å². The molecule has 1 unspecified atom stereocenters. The van der Waals surface area contributed by atoms with Gasteiger partial charge in [-0.1, -0.05) is 12.1 Å². The van der Waals surface area contributed by atoms with Crippen LogP contribution in [0.25, 0.3) is 0 Å². The van der Waals surface area contributed by atoms with Crippen LogP contribution in [0.4, 0.5) is 0 Å². The summed E-state index contributed by atoms with van der Waals surface area (Å²) in [6, 6.07) is 5.46. The third-order valence-corrected chi connectivity index (χ3v) is 6.29. The van der Waals surface area contributed by atoms with Crippen molar-refractivity contribution in [1.82, 2.24) is 20.4 Å². The fourth-order valence-electron chi connectivity index (χ4n) is 4.43. The summed E-state index contributed by atoms with van der Waals surface area (Å²) in [6.07, 6.45) is 1.77. The van der Waals surface area contributed by atoms with Crippen LogP contribution in [-0.4, -0.2) is 58.7 Å². The zero-order chi connectivity index (χ0) is 19.9. The minimum absolute atomic E-state index is 0.115. The number of carbonyl (C=O) groups is 3. The second-order valence-electron chi connectivity index (χ2n) is 8.63. The second-order valence-corrected chi connectivity index (χ2v) is 8.63. The molecule has 2 saturated heterocycles. The van der Waals surface area contributed by atoms with Crippen LogP contribution in [0.15, 0.2) is 18.2 Å². The van der Waals surface area contributed by atoms with Gasteiger partial charge >= 0.3 is 0 Å². The fraction of sp³-hybridized carbons (Fsp3) is 0.571. The van der Waals surface area contributed by atoms with Gasteiger partial charge in [0.2, 0.25) is 11.8 Å². The van der Waals surface area contributed by atoms with Crippen molar-refractivity contribution >= 4 is 17.7 Å². The summed E-state index contributed by atoms with van der Waals surface area (Å²) in [5.74, 6) is -0.742. The normalized spacial score (nSPS) is 25.4. The van der Waals surface area contributed by atoms with Crippen molar-refractivity contribution in [3.8, 4) is 0 Å². The van der Waals surface area contributed by atoms with Gasteiger partial charge in [0.15, 0.2) is 0 Å². The van der Waals surface area contributed by atoms with Crippen LogP contribution in [-0.2, 0) is 22.7 Å². The molecule has 0 bridgehead atoms. The average molecular weight is 384 g/mol. The van der Waals surface area contributed by atoms with Crippen LogP contribution >= 0.6 is 0 Å². The first-order chi connectivity index (χ1) is 13.3. The van der Waals surface area contributed by atoms with Gasteiger partial charge in [0, 0.05) is 43.7 Å². The number of benzene rings is 1. The summed E-state index contributed by atoms with van der Waals surface area (Å²) in [7, 11) is 0. The highest BCUT2D eigenvalue weighted by Gasteiger charge is 2.39. The molecule has 4 rings (SSSR count). The highest BCUT2D eigenvalue weighted by atomic mass is 16.2. The van der Waals surface area contributed by atoms with Gasteiger partial charge in [-0.25, -0.2) is 0 Å². The van der Waals surface area contributed by atoms with Gasteiger partial charge in [-0.05, 0) is 50.4 Å². The third kappa shape index (κ3) is 3.56. The number of rotatable bonds is 3. The van der Waals surface area contributed by atoms with Gasteiger partial charge < -0.3 is 10.2 Å². The number of fused-ring (bicyclic) bond motifs is 1.